The van der Waals surface area contributed by atoms with E-state index in [1.54, 1.807) is 66.7 Å². The van der Waals surface area contributed by atoms with Crippen molar-refractivity contribution >= 4 is 39.1 Å². The highest BCUT2D eigenvalue weighted by molar-refractivity contribution is 7.22. The van der Waals surface area contributed by atoms with E-state index < -0.39 is 17.9 Å². The van der Waals surface area contributed by atoms with Gasteiger partial charge >= 0.3 is 5.97 Å². The van der Waals surface area contributed by atoms with Gasteiger partial charge in [-0.25, -0.2) is 33.5 Å². The van der Waals surface area contributed by atoms with Crippen molar-refractivity contribution in [2.24, 2.45) is 0 Å². The maximum absolute atomic E-state index is 14.4. The number of carbonyl (C=O) groups is 1. The zero-order valence-electron chi connectivity index (χ0n) is 31.1. The minimum atomic E-state index is -1.40. The fourth-order valence-electron chi connectivity index (χ4n) is 6.17. The lowest BCUT2D eigenvalue weighted by atomic mass is 9.96. The summed E-state index contributed by atoms with van der Waals surface area (Å²) in [5.74, 6) is -0.853. The molecule has 0 bridgehead atoms. The van der Waals surface area contributed by atoms with Gasteiger partial charge < -0.3 is 24.2 Å². The Hall–Kier alpha value is -6.02. The molecule has 0 radical (unpaired) electrons. The molecule has 290 valence electrons. The van der Waals surface area contributed by atoms with Gasteiger partial charge in [0.2, 0.25) is 12.0 Å². The predicted molar refractivity (Wildman–Crippen MR) is 216 cm³/mol. The van der Waals surface area contributed by atoms with Crippen LogP contribution in [0.25, 0.3) is 43.2 Å². The van der Waals surface area contributed by atoms with Gasteiger partial charge in [0.05, 0.1) is 21.7 Å². The molecule has 0 amide bonds. The molecule has 0 unspecified atom stereocenters. The van der Waals surface area contributed by atoms with Gasteiger partial charge in [-0.1, -0.05) is 60.1 Å². The summed E-state index contributed by atoms with van der Waals surface area (Å²) in [6.07, 6.45) is 1.36. The maximum atomic E-state index is 14.4. The van der Waals surface area contributed by atoms with E-state index in [4.69, 9.17) is 25.8 Å². The average Bonchev–Trinajstić information content (AvgIpc) is 3.59. The SMILES string of the molecule is Cc1c(-c2c(-c3ccc(F)cc3)sc3ncnc(O[C@H](Cc4ccccc4OCc4ccnc(-c5ccccc5F)n4)C(=O)O)c23)ccc(OCCN(C)C)c1Cl. The van der Waals surface area contributed by atoms with Crippen LogP contribution in [0.4, 0.5) is 8.78 Å². The van der Waals surface area contributed by atoms with Gasteiger partial charge in [0.1, 0.15) is 47.5 Å². The van der Waals surface area contributed by atoms with E-state index in [9.17, 15) is 18.7 Å². The molecule has 0 saturated carbocycles. The first-order chi connectivity index (χ1) is 27.6. The molecule has 0 saturated heterocycles. The number of nitrogens with zero attached hydrogens (tertiary/aromatic N) is 5. The zero-order chi connectivity index (χ0) is 40.1. The Morgan fingerprint density at radius 2 is 1.67 bits per heavy atom. The fraction of sp³-hybridized carbons (Fsp3) is 0.186. The van der Waals surface area contributed by atoms with E-state index in [2.05, 4.69) is 19.9 Å². The summed E-state index contributed by atoms with van der Waals surface area (Å²) in [6.45, 7) is 3.01. The van der Waals surface area contributed by atoms with Crippen LogP contribution in [-0.4, -0.2) is 69.3 Å². The summed E-state index contributed by atoms with van der Waals surface area (Å²) in [7, 11) is 3.91. The van der Waals surface area contributed by atoms with Gasteiger partial charge in [-0.2, -0.15) is 0 Å². The first kappa shape index (κ1) is 39.2. The van der Waals surface area contributed by atoms with Crippen LogP contribution < -0.4 is 14.2 Å². The number of carboxylic acid groups (broad SMARTS) is 1. The second-order valence-corrected chi connectivity index (χ2v) is 14.6. The normalized spacial score (nSPS) is 11.8. The van der Waals surface area contributed by atoms with Crippen LogP contribution in [0, 0.1) is 18.6 Å². The number of thiophene rings is 1. The van der Waals surface area contributed by atoms with E-state index in [1.807, 2.05) is 32.0 Å². The summed E-state index contributed by atoms with van der Waals surface area (Å²) in [4.78, 5) is 33.9. The van der Waals surface area contributed by atoms with Gasteiger partial charge in [-0.15, -0.1) is 11.3 Å². The molecule has 10 nitrogen and oxygen atoms in total. The third-order valence-electron chi connectivity index (χ3n) is 9.09. The Morgan fingerprint density at radius 1 is 0.895 bits per heavy atom. The minimum Gasteiger partial charge on any atom is -0.491 e. The maximum Gasteiger partial charge on any atom is 0.345 e. The quantitative estimate of drug-likeness (QED) is 0.107. The molecule has 3 heterocycles. The number of benzene rings is 4. The first-order valence-electron chi connectivity index (χ1n) is 17.8. The lowest BCUT2D eigenvalue weighted by molar-refractivity contribution is -0.145. The number of fused-ring (bicyclic) bond motifs is 1. The molecule has 57 heavy (non-hydrogen) atoms. The molecular weight excluding hydrogens is 772 g/mol. The van der Waals surface area contributed by atoms with Crippen molar-refractivity contribution in [1.82, 2.24) is 24.8 Å². The molecule has 3 aromatic heterocycles. The smallest absolute Gasteiger partial charge is 0.345 e. The Balaban J connectivity index is 1.22. The number of hydrogen-bond acceptors (Lipinski definition) is 10. The van der Waals surface area contributed by atoms with E-state index in [0.717, 1.165) is 10.4 Å². The Bertz CT molecular complexity index is 2550. The number of ether oxygens (including phenoxy) is 3. The number of aliphatic carboxylic acids is 1. The van der Waals surface area contributed by atoms with Crippen molar-refractivity contribution in [3.05, 3.63) is 137 Å². The van der Waals surface area contributed by atoms with Crippen LogP contribution in [0.5, 0.6) is 17.4 Å². The average molecular weight is 808 g/mol. The number of hydrogen-bond donors (Lipinski definition) is 1. The number of para-hydroxylation sites is 1. The van der Waals surface area contributed by atoms with Gasteiger partial charge in [0.15, 0.2) is 5.82 Å². The van der Waals surface area contributed by atoms with Crippen LogP contribution in [-0.2, 0) is 17.8 Å². The lowest BCUT2D eigenvalue weighted by Crippen LogP contribution is -2.30. The molecule has 14 heteroatoms. The summed E-state index contributed by atoms with van der Waals surface area (Å²) in [6, 6.07) is 24.7. The molecule has 7 aromatic rings. The summed E-state index contributed by atoms with van der Waals surface area (Å²) < 4.78 is 47.0. The van der Waals surface area contributed by atoms with Crippen molar-refractivity contribution < 1.29 is 32.9 Å². The highest BCUT2D eigenvalue weighted by atomic mass is 35.5. The van der Waals surface area contributed by atoms with E-state index in [0.29, 0.717) is 67.8 Å². The zero-order valence-corrected chi connectivity index (χ0v) is 32.7. The fourth-order valence-corrected chi connectivity index (χ4v) is 7.54. The number of aromatic nitrogens is 4. The van der Waals surface area contributed by atoms with Crippen LogP contribution in [0.15, 0.2) is 104 Å². The molecule has 0 aliphatic rings. The molecule has 0 fully saturated rings. The van der Waals surface area contributed by atoms with Gasteiger partial charge in [0, 0.05) is 29.6 Å². The summed E-state index contributed by atoms with van der Waals surface area (Å²) >= 11 is 8.26. The summed E-state index contributed by atoms with van der Waals surface area (Å²) in [5.41, 5.74) is 4.12. The van der Waals surface area contributed by atoms with Crippen molar-refractivity contribution in [3.8, 4) is 50.3 Å². The van der Waals surface area contributed by atoms with E-state index >= 15 is 0 Å². The number of rotatable bonds is 15. The lowest BCUT2D eigenvalue weighted by Gasteiger charge is -2.19. The highest BCUT2D eigenvalue weighted by Gasteiger charge is 2.28. The Kier molecular flexibility index (Phi) is 12.0. The standard InChI is InChI=1S/C43H36ClF2N5O5S/c1-25-30(16-17-34(38(25)44)54-21-20-51(2)3)36-37-41(48-24-49-42(37)57-39(36)26-12-14-28(45)15-13-26)56-35(43(52)53)22-27-8-4-7-11-33(27)55-23-29-18-19-47-40(50-29)31-9-5-6-10-32(31)46/h4-19,24,35H,20-23H2,1-3H3,(H,52,53)/t35-/m1/s1. The molecule has 0 aliphatic carbocycles. The Morgan fingerprint density at radius 3 is 2.44 bits per heavy atom. The van der Waals surface area contributed by atoms with E-state index in [-0.39, 0.29) is 36.1 Å². The topological polar surface area (TPSA) is 120 Å². The predicted octanol–water partition coefficient (Wildman–Crippen LogP) is 9.32. The second kappa shape index (κ2) is 17.4. The van der Waals surface area contributed by atoms with E-state index in [1.165, 1.54) is 42.1 Å². The molecule has 1 N–H and O–H groups in total. The van der Waals surface area contributed by atoms with Crippen LogP contribution in [0.1, 0.15) is 16.8 Å². The second-order valence-electron chi connectivity index (χ2n) is 13.3. The number of carboxylic acids is 1. The number of halogens is 3. The summed E-state index contributed by atoms with van der Waals surface area (Å²) in [5, 5.41) is 11.4. The Labute approximate surface area is 336 Å². The minimum absolute atomic E-state index is 0.0118. The molecule has 7 rings (SSSR count). The molecular formula is C43H36ClF2N5O5S. The highest BCUT2D eigenvalue weighted by Crippen LogP contribution is 2.49. The van der Waals surface area contributed by atoms with Crippen molar-refractivity contribution in [3.63, 3.8) is 0 Å². The third-order valence-corrected chi connectivity index (χ3v) is 10.7. The van der Waals surface area contributed by atoms with Gasteiger partial charge in [0.25, 0.3) is 0 Å². The largest absolute Gasteiger partial charge is 0.491 e. The van der Waals surface area contributed by atoms with Gasteiger partial charge in [-0.05, 0) is 85.7 Å². The van der Waals surface area contributed by atoms with Crippen LogP contribution in [0.3, 0.4) is 0 Å². The van der Waals surface area contributed by atoms with Crippen molar-refractivity contribution in [1.29, 1.82) is 0 Å². The van der Waals surface area contributed by atoms with Crippen LogP contribution in [0.2, 0.25) is 5.02 Å². The van der Waals surface area contributed by atoms with Crippen molar-refractivity contribution in [2.75, 3.05) is 27.2 Å². The monoisotopic (exact) mass is 807 g/mol. The van der Waals surface area contributed by atoms with Crippen LogP contribution >= 0.6 is 22.9 Å². The third kappa shape index (κ3) is 8.86. The molecule has 0 aliphatic heterocycles. The van der Waals surface area contributed by atoms with Gasteiger partial charge in [-0.3, -0.25) is 0 Å². The molecule has 0 spiro atoms. The first-order valence-corrected chi connectivity index (χ1v) is 19.0. The number of likely N-dealkylation sites (N-methyl/N-ethyl adjacent to an activating group) is 1. The van der Waals surface area contributed by atoms with Crippen molar-refractivity contribution in [2.45, 2.75) is 26.1 Å². The molecule has 4 aromatic carbocycles. The molecule has 1 atom stereocenters.